The first-order valence-electron chi connectivity index (χ1n) is 5.50. The topological polar surface area (TPSA) is 56.5 Å². The molecule has 94 valence electrons. The van der Waals surface area contributed by atoms with Crippen LogP contribution < -0.4 is 0 Å². The second kappa shape index (κ2) is 5.69. The Kier molecular flexibility index (Phi) is 3.79. The third-order valence-electron chi connectivity index (χ3n) is 2.43. The Morgan fingerprint density at radius 2 is 2.00 bits per heavy atom. The minimum absolute atomic E-state index is 0.0541. The maximum atomic E-state index is 11.5. The van der Waals surface area contributed by atoms with Gasteiger partial charge >= 0.3 is 5.97 Å². The van der Waals surface area contributed by atoms with Crippen LogP contribution in [-0.2, 0) is 4.74 Å². The van der Waals surface area contributed by atoms with Gasteiger partial charge in [0, 0.05) is 5.56 Å². The van der Waals surface area contributed by atoms with Crippen LogP contribution in [0.15, 0.2) is 40.8 Å². The number of aldehydes is 1. The first-order chi connectivity index (χ1) is 9.24. The van der Waals surface area contributed by atoms with Crippen molar-refractivity contribution in [3.05, 3.63) is 47.7 Å². The molecule has 1 heterocycles. The van der Waals surface area contributed by atoms with Crippen LogP contribution in [0.5, 0.6) is 0 Å². The van der Waals surface area contributed by atoms with Gasteiger partial charge < -0.3 is 9.15 Å². The summed E-state index contributed by atoms with van der Waals surface area (Å²) in [7, 11) is 0. The van der Waals surface area contributed by atoms with Crippen molar-refractivity contribution in [1.29, 1.82) is 0 Å². The number of carbonyl (C=O) groups is 2. The molecule has 0 amide bonds. The van der Waals surface area contributed by atoms with Crippen molar-refractivity contribution < 1.29 is 18.7 Å². The van der Waals surface area contributed by atoms with E-state index in [2.05, 4.69) is 5.92 Å². The number of carbonyl (C=O) groups excluding carboxylic acids is 2. The summed E-state index contributed by atoms with van der Waals surface area (Å²) in [6, 6.07) is 9.90. The summed E-state index contributed by atoms with van der Waals surface area (Å²) >= 11 is 0. The summed E-state index contributed by atoms with van der Waals surface area (Å²) in [6.07, 6.45) is 5.64. The number of terminal acetylenes is 1. The predicted molar refractivity (Wildman–Crippen MR) is 68.6 cm³/mol. The molecule has 19 heavy (non-hydrogen) atoms. The molecule has 0 aliphatic rings. The molecule has 2 rings (SSSR count). The normalized spacial score (nSPS) is 9.63. The Labute approximate surface area is 110 Å². The standard InChI is InChI=1S/C15H10O4/c1-2-9-18-15(17)12-5-3-11(4-6-12)14-8-7-13(10-16)19-14/h1,3-8,10H,9H2. The minimum atomic E-state index is -0.475. The third-order valence-corrected chi connectivity index (χ3v) is 2.43. The summed E-state index contributed by atoms with van der Waals surface area (Å²) in [6.45, 7) is -0.0541. The summed E-state index contributed by atoms with van der Waals surface area (Å²) in [5.74, 6) is 2.57. The van der Waals surface area contributed by atoms with Gasteiger partial charge in [-0.15, -0.1) is 6.42 Å². The fourth-order valence-electron chi connectivity index (χ4n) is 1.53. The zero-order valence-corrected chi connectivity index (χ0v) is 9.96. The third kappa shape index (κ3) is 2.90. The van der Waals surface area contributed by atoms with E-state index in [1.165, 1.54) is 0 Å². The minimum Gasteiger partial charge on any atom is -0.453 e. The molecule has 0 saturated heterocycles. The zero-order chi connectivity index (χ0) is 13.7. The van der Waals surface area contributed by atoms with Crippen LogP contribution in [0, 0.1) is 12.3 Å². The Hall–Kier alpha value is -2.80. The molecule has 1 aromatic carbocycles. The van der Waals surface area contributed by atoms with Gasteiger partial charge in [-0.05, 0) is 24.3 Å². The SMILES string of the molecule is C#CCOC(=O)c1ccc(-c2ccc(C=O)o2)cc1. The van der Waals surface area contributed by atoms with Crippen molar-refractivity contribution in [2.75, 3.05) is 6.61 Å². The van der Waals surface area contributed by atoms with Crippen molar-refractivity contribution in [1.82, 2.24) is 0 Å². The quantitative estimate of drug-likeness (QED) is 0.478. The second-order valence-electron chi connectivity index (χ2n) is 3.68. The molecule has 0 atom stereocenters. The van der Waals surface area contributed by atoms with Crippen molar-refractivity contribution >= 4 is 12.3 Å². The van der Waals surface area contributed by atoms with Gasteiger partial charge in [0.15, 0.2) is 18.7 Å². The van der Waals surface area contributed by atoms with Gasteiger partial charge in [-0.25, -0.2) is 4.79 Å². The first-order valence-corrected chi connectivity index (χ1v) is 5.50. The Balaban J connectivity index is 2.16. The highest BCUT2D eigenvalue weighted by Gasteiger charge is 2.08. The fourth-order valence-corrected chi connectivity index (χ4v) is 1.53. The number of furan rings is 1. The average Bonchev–Trinajstić information content (AvgIpc) is 2.94. The number of esters is 1. The van der Waals surface area contributed by atoms with E-state index in [0.717, 1.165) is 5.56 Å². The van der Waals surface area contributed by atoms with Gasteiger partial charge in [-0.2, -0.15) is 0 Å². The van der Waals surface area contributed by atoms with Crippen molar-refractivity contribution in [2.45, 2.75) is 0 Å². The van der Waals surface area contributed by atoms with Crippen LogP contribution in [-0.4, -0.2) is 18.9 Å². The Bertz CT molecular complexity index is 629. The van der Waals surface area contributed by atoms with Gasteiger partial charge in [0.25, 0.3) is 0 Å². The molecule has 0 radical (unpaired) electrons. The van der Waals surface area contributed by atoms with E-state index in [1.807, 2.05) is 0 Å². The number of ether oxygens (including phenoxy) is 1. The van der Waals surface area contributed by atoms with Crippen molar-refractivity contribution in [3.8, 4) is 23.7 Å². The molecule has 4 nitrogen and oxygen atoms in total. The molecule has 0 bridgehead atoms. The molecule has 0 aliphatic carbocycles. The van der Waals surface area contributed by atoms with Gasteiger partial charge in [0.05, 0.1) is 5.56 Å². The smallest absolute Gasteiger partial charge is 0.339 e. The molecule has 0 saturated carbocycles. The lowest BCUT2D eigenvalue weighted by molar-refractivity contribution is 0.0556. The number of hydrogen-bond donors (Lipinski definition) is 0. The van der Waals surface area contributed by atoms with Crippen LogP contribution in [0.2, 0.25) is 0 Å². The molecule has 0 N–H and O–H groups in total. The van der Waals surface area contributed by atoms with E-state index in [0.29, 0.717) is 17.6 Å². The summed E-state index contributed by atoms with van der Waals surface area (Å²) in [5.41, 5.74) is 1.17. The molecule has 0 fully saturated rings. The monoisotopic (exact) mass is 254 g/mol. The summed E-state index contributed by atoms with van der Waals surface area (Å²) < 4.78 is 10.1. The predicted octanol–water partition coefficient (Wildman–Crippen LogP) is 2.55. The van der Waals surface area contributed by atoms with E-state index in [9.17, 15) is 9.59 Å². The molecule has 0 aliphatic heterocycles. The van der Waals surface area contributed by atoms with E-state index in [4.69, 9.17) is 15.6 Å². The van der Waals surface area contributed by atoms with Gasteiger partial charge in [0.2, 0.25) is 0 Å². The first kappa shape index (κ1) is 12.7. The second-order valence-corrected chi connectivity index (χ2v) is 3.68. The maximum absolute atomic E-state index is 11.5. The highest BCUT2D eigenvalue weighted by atomic mass is 16.5. The van der Waals surface area contributed by atoms with Crippen molar-refractivity contribution in [2.24, 2.45) is 0 Å². The van der Waals surface area contributed by atoms with E-state index in [-0.39, 0.29) is 12.4 Å². The lowest BCUT2D eigenvalue weighted by Crippen LogP contribution is -2.04. The average molecular weight is 254 g/mol. The zero-order valence-electron chi connectivity index (χ0n) is 9.96. The van der Waals surface area contributed by atoms with Crippen LogP contribution in [0.1, 0.15) is 20.9 Å². The number of hydrogen-bond acceptors (Lipinski definition) is 4. The van der Waals surface area contributed by atoms with E-state index >= 15 is 0 Å². The van der Waals surface area contributed by atoms with Gasteiger partial charge in [-0.3, -0.25) is 4.79 Å². The Morgan fingerprint density at radius 3 is 2.58 bits per heavy atom. The van der Waals surface area contributed by atoms with Gasteiger partial charge in [0.1, 0.15) is 5.76 Å². The molecule has 0 spiro atoms. The molecular formula is C15H10O4. The molecular weight excluding hydrogens is 244 g/mol. The maximum Gasteiger partial charge on any atom is 0.339 e. The molecule has 1 aromatic heterocycles. The van der Waals surface area contributed by atoms with Crippen LogP contribution >= 0.6 is 0 Å². The van der Waals surface area contributed by atoms with E-state index < -0.39 is 5.97 Å². The number of rotatable bonds is 4. The fraction of sp³-hybridized carbons (Fsp3) is 0.0667. The summed E-state index contributed by atoms with van der Waals surface area (Å²) in [5, 5.41) is 0. The highest BCUT2D eigenvalue weighted by Crippen LogP contribution is 2.22. The Morgan fingerprint density at radius 1 is 1.26 bits per heavy atom. The van der Waals surface area contributed by atoms with Crippen LogP contribution in [0.4, 0.5) is 0 Å². The van der Waals surface area contributed by atoms with E-state index in [1.54, 1.807) is 36.4 Å². The molecule has 0 unspecified atom stereocenters. The lowest BCUT2D eigenvalue weighted by Gasteiger charge is -2.02. The number of benzene rings is 1. The highest BCUT2D eigenvalue weighted by molar-refractivity contribution is 5.90. The molecule has 4 heteroatoms. The van der Waals surface area contributed by atoms with Crippen LogP contribution in [0.25, 0.3) is 11.3 Å². The molecule has 2 aromatic rings. The van der Waals surface area contributed by atoms with Crippen LogP contribution in [0.3, 0.4) is 0 Å². The van der Waals surface area contributed by atoms with Crippen molar-refractivity contribution in [3.63, 3.8) is 0 Å². The largest absolute Gasteiger partial charge is 0.453 e. The lowest BCUT2D eigenvalue weighted by atomic mass is 10.1. The summed E-state index contributed by atoms with van der Waals surface area (Å²) in [4.78, 5) is 22.0. The van der Waals surface area contributed by atoms with Gasteiger partial charge in [-0.1, -0.05) is 18.1 Å².